The lowest BCUT2D eigenvalue weighted by Gasteiger charge is -2.31. The number of hydrogen-bond donors (Lipinski definition) is 0. The van der Waals surface area contributed by atoms with Crippen molar-refractivity contribution in [1.82, 2.24) is 4.90 Å². The fourth-order valence-electron chi connectivity index (χ4n) is 2.49. The fourth-order valence-corrected chi connectivity index (χ4v) is 2.67. The van der Waals surface area contributed by atoms with Crippen LogP contribution in [0.2, 0.25) is 5.02 Å². The van der Waals surface area contributed by atoms with Gasteiger partial charge in [0.25, 0.3) is 5.91 Å². The second-order valence-corrected chi connectivity index (χ2v) is 5.22. The van der Waals surface area contributed by atoms with Crippen LogP contribution in [0.1, 0.15) is 42.5 Å². The summed E-state index contributed by atoms with van der Waals surface area (Å²) in [5, 5.41) is -0.00195. The molecule has 2 rings (SSSR count). The first-order valence-corrected chi connectivity index (χ1v) is 6.70. The van der Waals surface area contributed by atoms with Gasteiger partial charge in [-0.2, -0.15) is 0 Å². The molecule has 1 fully saturated rings. The summed E-state index contributed by atoms with van der Waals surface area (Å²) in [7, 11) is 1.75. The summed E-state index contributed by atoms with van der Waals surface area (Å²) >= 11 is 5.70. The minimum Gasteiger partial charge on any atom is -0.339 e. The normalized spacial score (nSPS) is 16.6. The first-order valence-electron chi connectivity index (χ1n) is 6.32. The number of hydrogen-bond acceptors (Lipinski definition) is 1. The van der Waals surface area contributed by atoms with Crippen molar-refractivity contribution >= 4 is 17.5 Å². The number of carbonyl (C=O) groups is 1. The molecule has 98 valence electrons. The second kappa shape index (κ2) is 5.70. The Kier molecular flexibility index (Phi) is 4.23. The van der Waals surface area contributed by atoms with Crippen LogP contribution in [-0.2, 0) is 0 Å². The summed E-state index contributed by atoms with van der Waals surface area (Å²) in [6, 6.07) is 4.77. The van der Waals surface area contributed by atoms with Crippen LogP contribution in [0.4, 0.5) is 4.39 Å². The smallest absolute Gasteiger partial charge is 0.256 e. The van der Waals surface area contributed by atoms with E-state index in [1.165, 1.54) is 18.6 Å². The molecule has 2 nitrogen and oxygen atoms in total. The van der Waals surface area contributed by atoms with Crippen molar-refractivity contribution in [2.24, 2.45) is 0 Å². The Hall–Kier alpha value is -1.09. The third kappa shape index (κ3) is 2.66. The second-order valence-electron chi connectivity index (χ2n) is 4.81. The third-order valence-electron chi connectivity index (χ3n) is 3.62. The molecule has 1 aliphatic rings. The Bertz CT molecular complexity index is 443. The summed E-state index contributed by atoms with van der Waals surface area (Å²) in [5.74, 6) is -0.895. The molecule has 0 heterocycles. The van der Waals surface area contributed by atoms with Gasteiger partial charge in [0.1, 0.15) is 0 Å². The van der Waals surface area contributed by atoms with Crippen LogP contribution in [-0.4, -0.2) is 23.9 Å². The molecule has 18 heavy (non-hydrogen) atoms. The van der Waals surface area contributed by atoms with E-state index < -0.39 is 5.82 Å². The van der Waals surface area contributed by atoms with E-state index in [2.05, 4.69) is 0 Å². The fraction of sp³-hybridized carbons (Fsp3) is 0.500. The van der Waals surface area contributed by atoms with Crippen LogP contribution in [0.5, 0.6) is 0 Å². The SMILES string of the molecule is CN(C(=O)c1cccc(Cl)c1F)C1CCCCC1. The average molecular weight is 270 g/mol. The first kappa shape index (κ1) is 13.3. The molecule has 1 aliphatic carbocycles. The highest BCUT2D eigenvalue weighted by atomic mass is 35.5. The average Bonchev–Trinajstić information content (AvgIpc) is 2.41. The summed E-state index contributed by atoms with van der Waals surface area (Å²) in [6.07, 6.45) is 5.51. The van der Waals surface area contributed by atoms with Gasteiger partial charge in [-0.25, -0.2) is 4.39 Å². The standard InChI is InChI=1S/C14H17ClFNO/c1-17(10-6-3-2-4-7-10)14(18)11-8-5-9-12(15)13(11)16/h5,8-10H,2-4,6-7H2,1H3. The number of halogens is 2. The molecule has 0 aliphatic heterocycles. The van der Waals surface area contributed by atoms with Gasteiger partial charge in [0, 0.05) is 13.1 Å². The van der Waals surface area contributed by atoms with E-state index in [1.54, 1.807) is 18.0 Å². The minimum absolute atomic E-state index is 0.00195. The minimum atomic E-state index is -0.619. The van der Waals surface area contributed by atoms with Crippen molar-refractivity contribution in [3.63, 3.8) is 0 Å². The van der Waals surface area contributed by atoms with E-state index >= 15 is 0 Å². The van der Waals surface area contributed by atoms with Gasteiger partial charge in [0.05, 0.1) is 10.6 Å². The summed E-state index contributed by atoms with van der Waals surface area (Å²) < 4.78 is 13.8. The molecule has 1 aromatic rings. The molecule has 4 heteroatoms. The maximum atomic E-state index is 13.8. The molecule has 1 saturated carbocycles. The van der Waals surface area contributed by atoms with Gasteiger partial charge in [-0.1, -0.05) is 36.9 Å². The Morgan fingerprint density at radius 3 is 2.67 bits per heavy atom. The lowest BCUT2D eigenvalue weighted by Crippen LogP contribution is -2.38. The number of nitrogens with zero attached hydrogens (tertiary/aromatic N) is 1. The van der Waals surface area contributed by atoms with Crippen LogP contribution >= 0.6 is 11.6 Å². The maximum absolute atomic E-state index is 13.8. The van der Waals surface area contributed by atoms with E-state index in [1.807, 2.05) is 0 Å². The molecule has 0 unspecified atom stereocenters. The summed E-state index contributed by atoms with van der Waals surface area (Å²) in [6.45, 7) is 0. The zero-order valence-corrected chi connectivity index (χ0v) is 11.2. The van der Waals surface area contributed by atoms with Crippen LogP contribution in [0.25, 0.3) is 0 Å². The van der Waals surface area contributed by atoms with E-state index in [0.29, 0.717) is 0 Å². The van der Waals surface area contributed by atoms with E-state index in [0.717, 1.165) is 25.7 Å². The zero-order valence-electron chi connectivity index (χ0n) is 10.5. The van der Waals surface area contributed by atoms with Crippen LogP contribution < -0.4 is 0 Å². The van der Waals surface area contributed by atoms with Crippen molar-refractivity contribution < 1.29 is 9.18 Å². The topological polar surface area (TPSA) is 20.3 Å². The van der Waals surface area contributed by atoms with E-state index in [4.69, 9.17) is 11.6 Å². The van der Waals surface area contributed by atoms with Crippen LogP contribution in [0.15, 0.2) is 18.2 Å². The van der Waals surface area contributed by atoms with Gasteiger partial charge in [-0.15, -0.1) is 0 Å². The van der Waals surface area contributed by atoms with Gasteiger partial charge < -0.3 is 4.90 Å². The number of benzene rings is 1. The largest absolute Gasteiger partial charge is 0.339 e. The van der Waals surface area contributed by atoms with Crippen molar-refractivity contribution in [2.75, 3.05) is 7.05 Å². The lowest BCUT2D eigenvalue weighted by atomic mass is 9.94. The molecular formula is C14H17ClFNO. The Balaban J connectivity index is 2.17. The molecule has 0 spiro atoms. The van der Waals surface area contributed by atoms with Crippen LogP contribution in [0, 0.1) is 5.82 Å². The van der Waals surface area contributed by atoms with Crippen molar-refractivity contribution in [3.05, 3.63) is 34.6 Å². The highest BCUT2D eigenvalue weighted by Gasteiger charge is 2.25. The third-order valence-corrected chi connectivity index (χ3v) is 3.92. The zero-order chi connectivity index (χ0) is 13.1. The molecule has 1 aromatic carbocycles. The predicted molar refractivity (Wildman–Crippen MR) is 70.4 cm³/mol. The molecule has 1 amide bonds. The van der Waals surface area contributed by atoms with Gasteiger partial charge in [0.2, 0.25) is 0 Å². The molecule has 0 atom stereocenters. The van der Waals surface area contributed by atoms with Gasteiger partial charge in [-0.3, -0.25) is 4.79 Å². The summed E-state index contributed by atoms with van der Waals surface area (Å²) in [4.78, 5) is 13.9. The molecule has 0 aromatic heterocycles. The predicted octanol–water partition coefficient (Wildman–Crippen LogP) is 3.88. The van der Waals surface area contributed by atoms with E-state index in [-0.39, 0.29) is 22.5 Å². The molecule has 0 bridgehead atoms. The van der Waals surface area contributed by atoms with Gasteiger partial charge in [0.15, 0.2) is 5.82 Å². The quantitative estimate of drug-likeness (QED) is 0.798. The number of amides is 1. The Morgan fingerprint density at radius 1 is 1.33 bits per heavy atom. The number of carbonyl (C=O) groups excluding carboxylic acids is 1. The van der Waals surface area contributed by atoms with Crippen molar-refractivity contribution in [3.8, 4) is 0 Å². The summed E-state index contributed by atoms with van der Waals surface area (Å²) in [5.41, 5.74) is 0.0653. The van der Waals surface area contributed by atoms with Crippen LogP contribution in [0.3, 0.4) is 0 Å². The lowest BCUT2D eigenvalue weighted by molar-refractivity contribution is 0.0691. The Labute approximate surface area is 112 Å². The van der Waals surface area contributed by atoms with Crippen molar-refractivity contribution in [1.29, 1.82) is 0 Å². The first-order chi connectivity index (χ1) is 8.61. The van der Waals surface area contributed by atoms with Gasteiger partial charge >= 0.3 is 0 Å². The Morgan fingerprint density at radius 2 is 2.00 bits per heavy atom. The highest BCUT2D eigenvalue weighted by Crippen LogP contribution is 2.25. The van der Waals surface area contributed by atoms with Crippen molar-refractivity contribution in [2.45, 2.75) is 38.1 Å². The molecular weight excluding hydrogens is 253 g/mol. The number of rotatable bonds is 2. The highest BCUT2D eigenvalue weighted by molar-refractivity contribution is 6.31. The maximum Gasteiger partial charge on any atom is 0.256 e. The molecule has 0 radical (unpaired) electrons. The molecule has 0 saturated heterocycles. The van der Waals surface area contributed by atoms with E-state index in [9.17, 15) is 9.18 Å². The van der Waals surface area contributed by atoms with Gasteiger partial charge in [-0.05, 0) is 25.0 Å². The molecule has 0 N–H and O–H groups in total. The monoisotopic (exact) mass is 269 g/mol.